The van der Waals surface area contributed by atoms with Crippen molar-refractivity contribution < 1.29 is 4.79 Å². The van der Waals surface area contributed by atoms with Crippen LogP contribution in [-0.4, -0.2) is 25.2 Å². The minimum atomic E-state index is -1.91. The Labute approximate surface area is 189 Å². The summed E-state index contributed by atoms with van der Waals surface area (Å²) in [6.07, 6.45) is -1.15. The number of benzene rings is 2. The molecule has 1 atom stereocenters. The average Bonchev–Trinajstić information content (AvgIpc) is 2.90. The van der Waals surface area contributed by atoms with Gasteiger partial charge in [-0.15, -0.1) is 0 Å². The van der Waals surface area contributed by atoms with Gasteiger partial charge >= 0.3 is 0 Å². The second-order valence-electron chi connectivity index (χ2n) is 6.84. The van der Waals surface area contributed by atoms with Crippen molar-refractivity contribution in [2.75, 3.05) is 5.32 Å². The minimum absolute atomic E-state index is 0.225. The van der Waals surface area contributed by atoms with E-state index in [4.69, 9.17) is 34.8 Å². The zero-order chi connectivity index (χ0) is 22.1. The van der Waals surface area contributed by atoms with E-state index < -0.39 is 15.9 Å². The first-order valence-electron chi connectivity index (χ1n) is 9.15. The number of nitrogens with one attached hydrogen (secondary N) is 2. The highest BCUT2D eigenvalue weighted by molar-refractivity contribution is 6.68. The molecule has 158 valence electrons. The molecule has 0 radical (unpaired) electrons. The number of hydrogen-bond acceptors (Lipinski definition) is 3. The molecule has 1 amide bonds. The number of aryl methyl sites for hydroxylation is 1. The van der Waals surface area contributed by atoms with Gasteiger partial charge in [-0.3, -0.25) is 14.3 Å². The smallest absolute Gasteiger partial charge is 0.295 e. The van der Waals surface area contributed by atoms with Crippen LogP contribution in [0.1, 0.15) is 21.6 Å². The lowest BCUT2D eigenvalue weighted by molar-refractivity contribution is 0.0941. The molecular formula is C21H21Cl3N4O2. The molecule has 1 aromatic heterocycles. The van der Waals surface area contributed by atoms with Crippen LogP contribution in [0, 0.1) is 13.8 Å². The van der Waals surface area contributed by atoms with Gasteiger partial charge < -0.3 is 10.6 Å². The molecular weight excluding hydrogens is 447 g/mol. The van der Waals surface area contributed by atoms with E-state index in [-0.39, 0.29) is 11.2 Å². The van der Waals surface area contributed by atoms with Crippen LogP contribution < -0.4 is 16.2 Å². The fourth-order valence-corrected chi connectivity index (χ4v) is 3.44. The third kappa shape index (κ3) is 4.51. The Bertz CT molecular complexity index is 1120. The summed E-state index contributed by atoms with van der Waals surface area (Å²) in [5.74, 6) is -0.422. The SMILES string of the molecule is Cc1ccccc1C(=O)NC(Nc1c(C)n(C)n(-c2ccccc2)c1=O)C(Cl)(Cl)Cl. The highest BCUT2D eigenvalue weighted by Gasteiger charge is 2.36. The van der Waals surface area contributed by atoms with E-state index in [1.54, 1.807) is 30.8 Å². The zero-order valence-corrected chi connectivity index (χ0v) is 18.9. The van der Waals surface area contributed by atoms with E-state index in [0.29, 0.717) is 16.9 Å². The largest absolute Gasteiger partial charge is 0.356 e. The molecule has 3 aromatic rings. The number of rotatable bonds is 5. The van der Waals surface area contributed by atoms with Gasteiger partial charge in [-0.25, -0.2) is 4.68 Å². The molecule has 0 bridgehead atoms. The first-order chi connectivity index (χ1) is 14.1. The lowest BCUT2D eigenvalue weighted by Crippen LogP contribution is -2.50. The quantitative estimate of drug-likeness (QED) is 0.433. The summed E-state index contributed by atoms with van der Waals surface area (Å²) < 4.78 is 1.28. The molecule has 1 heterocycles. The average molecular weight is 468 g/mol. The Morgan fingerprint density at radius 1 is 1.00 bits per heavy atom. The monoisotopic (exact) mass is 466 g/mol. The minimum Gasteiger partial charge on any atom is -0.356 e. The van der Waals surface area contributed by atoms with Gasteiger partial charge in [0.1, 0.15) is 11.9 Å². The highest BCUT2D eigenvalue weighted by atomic mass is 35.6. The molecule has 3 rings (SSSR count). The van der Waals surface area contributed by atoms with Crippen molar-refractivity contribution in [3.63, 3.8) is 0 Å². The van der Waals surface area contributed by atoms with Gasteiger partial charge in [0.05, 0.1) is 11.4 Å². The summed E-state index contributed by atoms with van der Waals surface area (Å²) in [6, 6.07) is 16.2. The Hall–Kier alpha value is -2.41. The van der Waals surface area contributed by atoms with Crippen molar-refractivity contribution in [2.24, 2.45) is 7.05 Å². The number of anilines is 1. The van der Waals surface area contributed by atoms with Crippen LogP contribution in [-0.2, 0) is 7.05 Å². The fraction of sp³-hybridized carbons (Fsp3) is 0.238. The number of hydrogen-bond donors (Lipinski definition) is 2. The topological polar surface area (TPSA) is 68.1 Å². The molecule has 0 aliphatic heterocycles. The van der Waals surface area contributed by atoms with Crippen LogP contribution >= 0.6 is 34.8 Å². The van der Waals surface area contributed by atoms with Crippen LogP contribution in [0.4, 0.5) is 5.69 Å². The van der Waals surface area contributed by atoms with Crippen molar-refractivity contribution in [1.29, 1.82) is 0 Å². The molecule has 0 aliphatic carbocycles. The molecule has 6 nitrogen and oxygen atoms in total. The van der Waals surface area contributed by atoms with Crippen molar-refractivity contribution in [3.05, 3.63) is 81.8 Å². The molecule has 0 spiro atoms. The van der Waals surface area contributed by atoms with Crippen molar-refractivity contribution in [3.8, 4) is 5.69 Å². The maximum absolute atomic E-state index is 13.1. The van der Waals surface area contributed by atoms with Gasteiger partial charge in [0.25, 0.3) is 11.5 Å². The number of aromatic nitrogens is 2. The summed E-state index contributed by atoms with van der Waals surface area (Å²) in [5.41, 5.74) is 2.43. The first-order valence-corrected chi connectivity index (χ1v) is 10.3. The molecule has 0 saturated heterocycles. The summed E-state index contributed by atoms with van der Waals surface area (Å²) in [7, 11) is 1.76. The maximum atomic E-state index is 13.1. The van der Waals surface area contributed by atoms with Crippen LogP contribution in [0.2, 0.25) is 0 Å². The van der Waals surface area contributed by atoms with Gasteiger partial charge in [-0.2, -0.15) is 0 Å². The second-order valence-corrected chi connectivity index (χ2v) is 9.21. The first kappa shape index (κ1) is 22.3. The molecule has 0 fully saturated rings. The van der Waals surface area contributed by atoms with Crippen molar-refractivity contribution in [2.45, 2.75) is 23.8 Å². The maximum Gasteiger partial charge on any atom is 0.295 e. The van der Waals surface area contributed by atoms with E-state index in [9.17, 15) is 9.59 Å². The van der Waals surface area contributed by atoms with E-state index in [2.05, 4.69) is 10.6 Å². The summed E-state index contributed by atoms with van der Waals surface area (Å²) >= 11 is 18.4. The zero-order valence-electron chi connectivity index (χ0n) is 16.6. The molecule has 1 unspecified atom stereocenters. The summed E-state index contributed by atoms with van der Waals surface area (Å²) in [4.78, 5) is 25.9. The molecule has 30 heavy (non-hydrogen) atoms. The summed E-state index contributed by atoms with van der Waals surface area (Å²) in [6.45, 7) is 3.58. The fourth-order valence-electron chi connectivity index (χ4n) is 3.12. The van der Waals surface area contributed by atoms with E-state index >= 15 is 0 Å². The van der Waals surface area contributed by atoms with Crippen LogP contribution in [0.25, 0.3) is 5.69 Å². The number of halogens is 3. The van der Waals surface area contributed by atoms with Crippen LogP contribution in [0.3, 0.4) is 0 Å². The second kappa shape index (κ2) is 8.76. The van der Waals surface area contributed by atoms with E-state index in [1.807, 2.05) is 49.4 Å². The van der Waals surface area contributed by atoms with E-state index in [1.165, 1.54) is 4.68 Å². The number of nitrogens with zero attached hydrogens (tertiary/aromatic N) is 2. The van der Waals surface area contributed by atoms with E-state index in [0.717, 1.165) is 5.56 Å². The summed E-state index contributed by atoms with van der Waals surface area (Å²) in [5, 5.41) is 5.61. The standard InChI is InChI=1S/C21H21Cl3N4O2/c1-13-9-7-8-12-16(13)18(29)26-20(21(22,23)24)25-17-14(2)27(3)28(19(17)30)15-10-5-4-6-11-15/h4-12,20,25H,1-3H3,(H,26,29). The molecule has 2 N–H and O–H groups in total. The van der Waals surface area contributed by atoms with Crippen molar-refractivity contribution in [1.82, 2.24) is 14.7 Å². The molecule has 0 aliphatic rings. The Morgan fingerprint density at radius 3 is 2.20 bits per heavy atom. The third-order valence-electron chi connectivity index (χ3n) is 4.84. The van der Waals surface area contributed by atoms with Crippen molar-refractivity contribution >= 4 is 46.4 Å². The number of amides is 1. The number of carbonyl (C=O) groups excluding carboxylic acids is 1. The normalized spacial score (nSPS) is 12.5. The van der Waals surface area contributed by atoms with Crippen LogP contribution in [0.5, 0.6) is 0 Å². The Kier molecular flexibility index (Phi) is 6.50. The van der Waals surface area contributed by atoms with Crippen LogP contribution in [0.15, 0.2) is 59.4 Å². The molecule has 0 saturated carbocycles. The van der Waals surface area contributed by atoms with Gasteiger partial charge in [-0.1, -0.05) is 71.2 Å². The third-order valence-corrected chi connectivity index (χ3v) is 5.49. The number of carbonyl (C=O) groups is 1. The lowest BCUT2D eigenvalue weighted by atomic mass is 10.1. The Morgan fingerprint density at radius 2 is 1.60 bits per heavy atom. The Balaban J connectivity index is 1.96. The predicted octanol–water partition coefficient (Wildman–Crippen LogP) is 4.33. The number of alkyl halides is 3. The van der Waals surface area contributed by atoms with Gasteiger partial charge in [-0.05, 0) is 37.6 Å². The molecule has 2 aromatic carbocycles. The lowest BCUT2D eigenvalue weighted by Gasteiger charge is -2.27. The predicted molar refractivity (Wildman–Crippen MR) is 122 cm³/mol. The van der Waals surface area contributed by atoms with Gasteiger partial charge in [0.15, 0.2) is 0 Å². The highest BCUT2D eigenvalue weighted by Crippen LogP contribution is 2.31. The van der Waals surface area contributed by atoms with Gasteiger partial charge in [0, 0.05) is 12.6 Å². The molecule has 9 heteroatoms. The number of para-hydroxylation sites is 1. The van der Waals surface area contributed by atoms with Gasteiger partial charge in [0.2, 0.25) is 3.79 Å².